The molecule has 0 aromatic heterocycles. The molecule has 1 saturated carbocycles. The van der Waals surface area contributed by atoms with Gasteiger partial charge in [-0.15, -0.1) is 0 Å². The van der Waals surface area contributed by atoms with Gasteiger partial charge in [0.1, 0.15) is 19.0 Å². The van der Waals surface area contributed by atoms with Crippen LogP contribution in [0.4, 0.5) is 4.79 Å². The number of hydrogen-bond donors (Lipinski definition) is 2. The first-order valence-electron chi connectivity index (χ1n) is 10.3. The van der Waals surface area contributed by atoms with E-state index < -0.39 is 16.1 Å². The van der Waals surface area contributed by atoms with E-state index in [1.54, 1.807) is 6.92 Å². The first-order chi connectivity index (χ1) is 14.3. The Balaban J connectivity index is 1.40. The van der Waals surface area contributed by atoms with E-state index in [0.717, 1.165) is 24.2 Å². The van der Waals surface area contributed by atoms with Gasteiger partial charge in [-0.05, 0) is 56.7 Å². The van der Waals surface area contributed by atoms with Gasteiger partial charge in [-0.1, -0.05) is 12.1 Å². The number of carbonyl (C=O) groups is 2. The van der Waals surface area contributed by atoms with Crippen LogP contribution in [-0.4, -0.2) is 57.0 Å². The van der Waals surface area contributed by atoms with E-state index in [1.807, 2.05) is 24.3 Å². The van der Waals surface area contributed by atoms with Gasteiger partial charge in [-0.3, -0.25) is 15.0 Å². The lowest BCUT2D eigenvalue weighted by molar-refractivity contribution is -0.118. The number of nitrogens with one attached hydrogen (secondary N) is 2. The van der Waals surface area contributed by atoms with Crippen molar-refractivity contribution < 1.29 is 27.5 Å². The molecule has 0 spiro atoms. The summed E-state index contributed by atoms with van der Waals surface area (Å²) in [7, 11) is -3.50. The van der Waals surface area contributed by atoms with Gasteiger partial charge in [0.25, 0.3) is 0 Å². The lowest BCUT2D eigenvalue weighted by Crippen LogP contribution is -2.31. The molecule has 1 aromatic carbocycles. The van der Waals surface area contributed by atoms with Crippen molar-refractivity contribution in [3.8, 4) is 5.75 Å². The highest BCUT2D eigenvalue weighted by molar-refractivity contribution is 7.89. The molecule has 2 aliphatic rings. The van der Waals surface area contributed by atoms with Crippen molar-refractivity contribution in [2.45, 2.75) is 51.2 Å². The van der Waals surface area contributed by atoms with Gasteiger partial charge in [0, 0.05) is 12.6 Å². The van der Waals surface area contributed by atoms with E-state index in [1.165, 1.54) is 17.7 Å². The Kier molecular flexibility index (Phi) is 7.68. The molecule has 0 radical (unpaired) electrons. The van der Waals surface area contributed by atoms with Gasteiger partial charge in [0.2, 0.25) is 15.9 Å². The summed E-state index contributed by atoms with van der Waals surface area (Å²) < 4.78 is 38.7. The summed E-state index contributed by atoms with van der Waals surface area (Å²) in [6.07, 6.45) is 5.02. The number of nitrogens with zero attached hydrogens (tertiary/aromatic N) is 1. The minimum absolute atomic E-state index is 0.0419. The summed E-state index contributed by atoms with van der Waals surface area (Å²) in [6, 6.07) is 6.65. The van der Waals surface area contributed by atoms with Gasteiger partial charge in [-0.25, -0.2) is 17.9 Å². The molecular weight excluding hydrogens is 410 g/mol. The summed E-state index contributed by atoms with van der Waals surface area (Å²) in [5, 5.41) is 2.15. The van der Waals surface area contributed by atoms with E-state index >= 15 is 0 Å². The molecule has 10 heteroatoms. The largest absolute Gasteiger partial charge is 0.490 e. The van der Waals surface area contributed by atoms with Crippen LogP contribution >= 0.6 is 0 Å². The van der Waals surface area contributed by atoms with Crippen LogP contribution in [0.3, 0.4) is 0 Å². The molecule has 166 valence electrons. The molecule has 0 bridgehead atoms. The smallest absolute Gasteiger partial charge is 0.326 e. The van der Waals surface area contributed by atoms with Crippen molar-refractivity contribution in [1.82, 2.24) is 14.9 Å². The molecule has 1 aliphatic carbocycles. The maximum absolute atomic E-state index is 12.4. The molecule has 1 saturated heterocycles. The van der Waals surface area contributed by atoms with E-state index in [2.05, 4.69) is 10.0 Å². The third kappa shape index (κ3) is 6.68. The third-order valence-electron chi connectivity index (χ3n) is 5.14. The number of carbonyl (C=O) groups excluding carboxylic acids is 2. The zero-order valence-corrected chi connectivity index (χ0v) is 17.9. The van der Waals surface area contributed by atoms with Crippen molar-refractivity contribution >= 4 is 22.0 Å². The van der Waals surface area contributed by atoms with Gasteiger partial charge in [-0.2, -0.15) is 0 Å². The molecule has 1 heterocycles. The van der Waals surface area contributed by atoms with Crippen molar-refractivity contribution in [1.29, 1.82) is 0 Å². The number of hydrogen-bond acceptors (Lipinski definition) is 6. The summed E-state index contributed by atoms with van der Waals surface area (Å²) in [5.41, 5.74) is 0.843. The van der Waals surface area contributed by atoms with Crippen LogP contribution in [0, 0.1) is 0 Å². The second-order valence-corrected chi connectivity index (χ2v) is 9.57. The van der Waals surface area contributed by atoms with Crippen LogP contribution in [0.15, 0.2) is 24.3 Å². The standard InChI is InChI=1S/C20H29N3O6S/c1-15(16-6-4-9-18(12-16)29-17-7-2-3-8-17)22-30(26,27)11-5-10-28-14-23-13-19(24)21-20(23)25/h4,6,9,12,15,17,22H,2-3,5,7-8,10-11,13-14H2,1H3,(H,21,24,25)/t15-/m1/s1. The minimum atomic E-state index is -3.50. The van der Waals surface area contributed by atoms with Gasteiger partial charge in [0.15, 0.2) is 0 Å². The number of imide groups is 1. The van der Waals surface area contributed by atoms with E-state index in [-0.39, 0.29) is 50.1 Å². The Bertz CT molecular complexity index is 854. The number of ether oxygens (including phenoxy) is 2. The zero-order chi connectivity index (χ0) is 21.6. The van der Waals surface area contributed by atoms with Crippen molar-refractivity contribution in [3.05, 3.63) is 29.8 Å². The SMILES string of the molecule is C[C@@H](NS(=O)(=O)CCCOCN1CC(=O)NC1=O)c1cccc(OC2CCCC2)c1. The molecule has 2 fully saturated rings. The predicted octanol–water partition coefficient (Wildman–Crippen LogP) is 1.90. The van der Waals surface area contributed by atoms with Crippen LogP contribution < -0.4 is 14.8 Å². The maximum Gasteiger partial charge on any atom is 0.326 e. The lowest BCUT2D eigenvalue weighted by atomic mass is 10.1. The summed E-state index contributed by atoms with van der Waals surface area (Å²) >= 11 is 0. The van der Waals surface area contributed by atoms with E-state index in [0.29, 0.717) is 0 Å². The minimum Gasteiger partial charge on any atom is -0.490 e. The van der Waals surface area contributed by atoms with Crippen molar-refractivity contribution in [2.24, 2.45) is 0 Å². The van der Waals surface area contributed by atoms with Crippen LogP contribution in [0.25, 0.3) is 0 Å². The van der Waals surface area contributed by atoms with Crippen molar-refractivity contribution in [3.63, 3.8) is 0 Å². The monoisotopic (exact) mass is 439 g/mol. The average Bonchev–Trinajstić information content (AvgIpc) is 3.30. The summed E-state index contributed by atoms with van der Waals surface area (Å²) in [5.74, 6) is 0.297. The lowest BCUT2D eigenvalue weighted by Gasteiger charge is -2.18. The number of amides is 3. The van der Waals surface area contributed by atoms with Crippen molar-refractivity contribution in [2.75, 3.05) is 25.6 Å². The molecule has 30 heavy (non-hydrogen) atoms. The maximum atomic E-state index is 12.4. The molecule has 0 unspecified atom stereocenters. The Hall–Kier alpha value is -2.17. The number of urea groups is 1. The highest BCUT2D eigenvalue weighted by atomic mass is 32.2. The van der Waals surface area contributed by atoms with Crippen LogP contribution in [0.2, 0.25) is 0 Å². The Morgan fingerprint density at radius 1 is 1.27 bits per heavy atom. The van der Waals surface area contributed by atoms with E-state index in [9.17, 15) is 18.0 Å². The molecule has 3 amide bonds. The fourth-order valence-corrected chi connectivity index (χ4v) is 4.86. The van der Waals surface area contributed by atoms with E-state index in [4.69, 9.17) is 9.47 Å². The molecule has 1 atom stereocenters. The molecular formula is C20H29N3O6S. The van der Waals surface area contributed by atoms with Crippen LogP contribution in [0.1, 0.15) is 50.6 Å². The molecule has 1 aromatic rings. The second kappa shape index (κ2) is 10.2. The topological polar surface area (TPSA) is 114 Å². The zero-order valence-electron chi connectivity index (χ0n) is 17.1. The number of rotatable bonds is 11. The van der Waals surface area contributed by atoms with Gasteiger partial charge < -0.3 is 9.47 Å². The molecule has 3 rings (SSSR count). The highest BCUT2D eigenvalue weighted by Crippen LogP contribution is 2.26. The Morgan fingerprint density at radius 3 is 2.73 bits per heavy atom. The first-order valence-corrected chi connectivity index (χ1v) is 11.9. The van der Waals surface area contributed by atoms with Gasteiger partial charge in [0.05, 0.1) is 11.9 Å². The Morgan fingerprint density at radius 2 is 2.03 bits per heavy atom. The molecule has 2 N–H and O–H groups in total. The number of benzene rings is 1. The fourth-order valence-electron chi connectivity index (χ4n) is 3.57. The first kappa shape index (κ1) is 22.5. The molecule has 1 aliphatic heterocycles. The van der Waals surface area contributed by atoms with Crippen LogP contribution in [0.5, 0.6) is 5.75 Å². The summed E-state index contributed by atoms with van der Waals surface area (Å²) in [6.45, 7) is 1.87. The second-order valence-electron chi connectivity index (χ2n) is 7.70. The fraction of sp³-hybridized carbons (Fsp3) is 0.600. The number of sulfonamides is 1. The quantitative estimate of drug-likeness (QED) is 0.402. The molecule has 9 nitrogen and oxygen atoms in total. The average molecular weight is 440 g/mol. The third-order valence-corrected chi connectivity index (χ3v) is 6.68. The van der Waals surface area contributed by atoms with Gasteiger partial charge >= 0.3 is 6.03 Å². The normalized spacial score (nSPS) is 18.6. The Labute approximate surface area is 177 Å². The predicted molar refractivity (Wildman–Crippen MR) is 110 cm³/mol. The van der Waals surface area contributed by atoms with Crippen LogP contribution in [-0.2, 0) is 19.6 Å². The summed E-state index contributed by atoms with van der Waals surface area (Å²) in [4.78, 5) is 23.7. The highest BCUT2D eigenvalue weighted by Gasteiger charge is 2.26.